The van der Waals surface area contributed by atoms with E-state index in [-0.39, 0.29) is 30.4 Å². The standard InChI is InChI=1S/C21H18F4N4O2/c22-16-6-4-13(5-7-16)18-27-28(20(31)29(18)17-8-9-17)11-10-26-19(30)14-2-1-3-15(12-14)21(23,24)25/h1-7,12,17H,8-11H2,(H,26,30). The van der Waals surface area contributed by atoms with Gasteiger partial charge in [-0.3, -0.25) is 9.36 Å². The van der Waals surface area contributed by atoms with Crippen LogP contribution >= 0.6 is 0 Å². The van der Waals surface area contributed by atoms with E-state index in [0.717, 1.165) is 31.0 Å². The molecule has 1 saturated carbocycles. The highest BCUT2D eigenvalue weighted by atomic mass is 19.4. The highest BCUT2D eigenvalue weighted by Gasteiger charge is 2.31. The van der Waals surface area contributed by atoms with Crippen molar-refractivity contribution in [2.75, 3.05) is 6.54 Å². The van der Waals surface area contributed by atoms with Crippen molar-refractivity contribution >= 4 is 5.91 Å². The summed E-state index contributed by atoms with van der Waals surface area (Å²) in [5, 5.41) is 6.84. The van der Waals surface area contributed by atoms with Crippen molar-refractivity contribution in [3.8, 4) is 11.4 Å². The van der Waals surface area contributed by atoms with Gasteiger partial charge in [0.05, 0.1) is 12.1 Å². The zero-order valence-electron chi connectivity index (χ0n) is 16.2. The van der Waals surface area contributed by atoms with Crippen LogP contribution < -0.4 is 11.0 Å². The van der Waals surface area contributed by atoms with Gasteiger partial charge in [0.1, 0.15) is 5.82 Å². The molecule has 1 aliphatic carbocycles. The van der Waals surface area contributed by atoms with Crippen molar-refractivity contribution in [3.63, 3.8) is 0 Å². The number of halogens is 4. The Morgan fingerprint density at radius 1 is 1.13 bits per heavy atom. The Hall–Kier alpha value is -3.43. The number of carbonyl (C=O) groups is 1. The summed E-state index contributed by atoms with van der Waals surface area (Å²) in [6, 6.07) is 9.77. The summed E-state index contributed by atoms with van der Waals surface area (Å²) in [5.41, 5.74) is -0.798. The van der Waals surface area contributed by atoms with Crippen LogP contribution in [-0.4, -0.2) is 26.8 Å². The first-order valence-corrected chi connectivity index (χ1v) is 9.65. The maximum absolute atomic E-state index is 13.2. The maximum Gasteiger partial charge on any atom is 0.416 e. The van der Waals surface area contributed by atoms with Crippen molar-refractivity contribution in [1.82, 2.24) is 19.7 Å². The first kappa shape index (κ1) is 20.8. The molecule has 1 heterocycles. The molecule has 31 heavy (non-hydrogen) atoms. The second kappa shape index (κ2) is 8.01. The minimum atomic E-state index is -4.55. The molecule has 10 heteroatoms. The fourth-order valence-electron chi connectivity index (χ4n) is 3.24. The highest BCUT2D eigenvalue weighted by Crippen LogP contribution is 2.36. The molecule has 0 spiro atoms. The lowest BCUT2D eigenvalue weighted by Crippen LogP contribution is -2.32. The molecule has 1 N–H and O–H groups in total. The molecule has 0 radical (unpaired) electrons. The van der Waals surface area contributed by atoms with Gasteiger partial charge in [0.15, 0.2) is 5.82 Å². The maximum atomic E-state index is 13.2. The van der Waals surface area contributed by atoms with Crippen LogP contribution in [0.2, 0.25) is 0 Å². The lowest BCUT2D eigenvalue weighted by molar-refractivity contribution is -0.137. The predicted molar refractivity (Wildman–Crippen MR) is 104 cm³/mol. The van der Waals surface area contributed by atoms with Crippen LogP contribution in [-0.2, 0) is 12.7 Å². The Kier molecular flexibility index (Phi) is 5.38. The molecule has 4 rings (SSSR count). The van der Waals surface area contributed by atoms with E-state index in [1.54, 1.807) is 4.57 Å². The average molecular weight is 434 g/mol. The third-order valence-electron chi connectivity index (χ3n) is 4.95. The number of nitrogens with zero attached hydrogens (tertiary/aromatic N) is 3. The van der Waals surface area contributed by atoms with Gasteiger partial charge in [-0.05, 0) is 55.3 Å². The summed E-state index contributed by atoms with van der Waals surface area (Å²) in [4.78, 5) is 25.0. The van der Waals surface area contributed by atoms with Crippen LogP contribution in [0.15, 0.2) is 53.3 Å². The van der Waals surface area contributed by atoms with E-state index in [1.165, 1.54) is 35.0 Å². The van der Waals surface area contributed by atoms with E-state index in [2.05, 4.69) is 10.4 Å². The summed E-state index contributed by atoms with van der Waals surface area (Å²) in [5.74, 6) is -0.669. The fourth-order valence-corrected chi connectivity index (χ4v) is 3.24. The number of amides is 1. The Balaban J connectivity index is 1.48. The number of carbonyl (C=O) groups excluding carboxylic acids is 1. The summed E-state index contributed by atoms with van der Waals surface area (Å²) in [7, 11) is 0. The number of aromatic nitrogens is 3. The molecule has 1 fully saturated rings. The third-order valence-corrected chi connectivity index (χ3v) is 4.95. The van der Waals surface area contributed by atoms with Crippen LogP contribution in [0.1, 0.15) is 34.8 Å². The van der Waals surface area contributed by atoms with Gasteiger partial charge in [-0.2, -0.15) is 13.2 Å². The van der Waals surface area contributed by atoms with Gasteiger partial charge in [0.25, 0.3) is 5.91 Å². The van der Waals surface area contributed by atoms with Crippen LogP contribution in [0.4, 0.5) is 17.6 Å². The van der Waals surface area contributed by atoms with E-state index >= 15 is 0 Å². The van der Waals surface area contributed by atoms with Crippen molar-refractivity contribution < 1.29 is 22.4 Å². The minimum Gasteiger partial charge on any atom is -0.350 e. The number of hydrogen-bond donors (Lipinski definition) is 1. The fraction of sp³-hybridized carbons (Fsp3) is 0.286. The number of hydrogen-bond acceptors (Lipinski definition) is 3. The molecule has 1 amide bonds. The summed E-state index contributed by atoms with van der Waals surface area (Å²) in [6.45, 7) is 0.0387. The SMILES string of the molecule is O=C(NCCn1nc(-c2ccc(F)cc2)n(C2CC2)c1=O)c1cccc(C(F)(F)F)c1. The molecule has 2 aromatic carbocycles. The molecule has 0 atom stereocenters. The first-order chi connectivity index (χ1) is 14.7. The van der Waals surface area contributed by atoms with Crippen molar-refractivity contribution in [2.45, 2.75) is 31.6 Å². The zero-order valence-corrected chi connectivity index (χ0v) is 16.2. The molecule has 0 aliphatic heterocycles. The summed E-state index contributed by atoms with van der Waals surface area (Å²) in [6.07, 6.45) is -2.87. The molecule has 162 valence electrons. The Labute approximate surface area is 174 Å². The lowest BCUT2D eigenvalue weighted by atomic mass is 10.1. The summed E-state index contributed by atoms with van der Waals surface area (Å²) >= 11 is 0. The van der Waals surface area contributed by atoms with Gasteiger partial charge in [-0.15, -0.1) is 5.10 Å². The molecular formula is C21H18F4N4O2. The van der Waals surface area contributed by atoms with Crippen molar-refractivity contribution in [1.29, 1.82) is 0 Å². The van der Waals surface area contributed by atoms with Gasteiger partial charge in [-0.1, -0.05) is 6.07 Å². The quantitative estimate of drug-likeness (QED) is 0.603. The monoisotopic (exact) mass is 434 g/mol. The lowest BCUT2D eigenvalue weighted by Gasteiger charge is -2.09. The van der Waals surface area contributed by atoms with E-state index in [1.807, 2.05) is 0 Å². The van der Waals surface area contributed by atoms with Crippen LogP contribution in [0, 0.1) is 5.82 Å². The number of rotatable bonds is 6. The Bertz CT molecular complexity index is 1160. The molecule has 3 aromatic rings. The second-order valence-electron chi connectivity index (χ2n) is 7.27. The molecular weight excluding hydrogens is 416 g/mol. The van der Waals surface area contributed by atoms with Crippen LogP contribution in [0.3, 0.4) is 0 Å². The topological polar surface area (TPSA) is 68.9 Å². The zero-order chi connectivity index (χ0) is 22.2. The van der Waals surface area contributed by atoms with Gasteiger partial charge in [0.2, 0.25) is 0 Å². The Morgan fingerprint density at radius 3 is 2.48 bits per heavy atom. The summed E-state index contributed by atoms with van der Waals surface area (Å²) < 4.78 is 54.5. The molecule has 0 saturated heterocycles. The molecule has 1 aliphatic rings. The minimum absolute atomic E-state index is 0.000473. The van der Waals surface area contributed by atoms with Gasteiger partial charge < -0.3 is 5.32 Å². The second-order valence-corrected chi connectivity index (χ2v) is 7.27. The van der Waals surface area contributed by atoms with Gasteiger partial charge in [-0.25, -0.2) is 13.9 Å². The highest BCUT2D eigenvalue weighted by molar-refractivity contribution is 5.94. The predicted octanol–water partition coefficient (Wildman–Crippen LogP) is 3.63. The third kappa shape index (κ3) is 4.52. The number of alkyl halides is 3. The van der Waals surface area contributed by atoms with E-state index in [9.17, 15) is 27.2 Å². The van der Waals surface area contributed by atoms with Gasteiger partial charge in [0, 0.05) is 23.7 Å². The average Bonchev–Trinajstić information content (AvgIpc) is 3.52. The van der Waals surface area contributed by atoms with E-state index in [0.29, 0.717) is 11.4 Å². The first-order valence-electron chi connectivity index (χ1n) is 9.65. The number of nitrogens with one attached hydrogen (secondary N) is 1. The van der Waals surface area contributed by atoms with Crippen LogP contribution in [0.25, 0.3) is 11.4 Å². The van der Waals surface area contributed by atoms with Crippen molar-refractivity contribution in [3.05, 3.63) is 76.0 Å². The van der Waals surface area contributed by atoms with Gasteiger partial charge >= 0.3 is 11.9 Å². The molecule has 0 unspecified atom stereocenters. The Morgan fingerprint density at radius 2 is 1.84 bits per heavy atom. The molecule has 6 nitrogen and oxygen atoms in total. The van der Waals surface area contributed by atoms with E-state index < -0.39 is 23.5 Å². The van der Waals surface area contributed by atoms with Crippen molar-refractivity contribution in [2.24, 2.45) is 0 Å². The van der Waals surface area contributed by atoms with E-state index in [4.69, 9.17) is 0 Å². The number of benzene rings is 2. The molecule has 0 bridgehead atoms. The molecule has 1 aromatic heterocycles. The largest absolute Gasteiger partial charge is 0.416 e. The normalized spacial score (nSPS) is 13.9. The smallest absolute Gasteiger partial charge is 0.350 e. The van der Waals surface area contributed by atoms with Crippen LogP contribution in [0.5, 0.6) is 0 Å².